The Labute approximate surface area is 114 Å². The molecule has 0 spiro atoms. The van der Waals surface area contributed by atoms with Gasteiger partial charge in [-0.1, -0.05) is 13.8 Å². The van der Waals surface area contributed by atoms with Crippen LogP contribution in [0.15, 0.2) is 0 Å². The fourth-order valence-electron chi connectivity index (χ4n) is 1.49. The fraction of sp³-hybridized carbons (Fsp3) is 0.846. The van der Waals surface area contributed by atoms with Crippen molar-refractivity contribution >= 4 is 12.0 Å². The van der Waals surface area contributed by atoms with E-state index in [2.05, 4.69) is 10.6 Å². The number of hydrogen-bond acceptors (Lipinski definition) is 3. The third kappa shape index (κ3) is 9.30. The van der Waals surface area contributed by atoms with Crippen molar-refractivity contribution < 1.29 is 19.4 Å². The van der Waals surface area contributed by atoms with Gasteiger partial charge in [0.25, 0.3) is 0 Å². The molecule has 0 aromatic carbocycles. The van der Waals surface area contributed by atoms with Crippen molar-refractivity contribution in [2.24, 2.45) is 5.92 Å². The lowest BCUT2D eigenvalue weighted by Gasteiger charge is -2.23. The van der Waals surface area contributed by atoms with Crippen molar-refractivity contribution in [2.45, 2.75) is 52.6 Å². The van der Waals surface area contributed by atoms with Crippen LogP contribution in [0.5, 0.6) is 0 Å². The lowest BCUT2D eigenvalue weighted by molar-refractivity contribution is -0.137. The molecule has 6 nitrogen and oxygen atoms in total. The molecule has 0 aromatic heterocycles. The van der Waals surface area contributed by atoms with Crippen molar-refractivity contribution in [3.63, 3.8) is 0 Å². The quantitative estimate of drug-likeness (QED) is 0.596. The molecule has 0 aliphatic carbocycles. The molecule has 2 unspecified atom stereocenters. The first kappa shape index (κ1) is 17.7. The van der Waals surface area contributed by atoms with Crippen LogP contribution >= 0.6 is 0 Å². The van der Waals surface area contributed by atoms with Crippen molar-refractivity contribution in [1.29, 1.82) is 0 Å². The Morgan fingerprint density at radius 2 is 1.84 bits per heavy atom. The molecule has 2 atom stereocenters. The first-order valence-electron chi connectivity index (χ1n) is 6.73. The number of ether oxygens (including phenoxy) is 1. The normalized spacial score (nSPS) is 13.9. The fourth-order valence-corrected chi connectivity index (χ4v) is 1.49. The SMILES string of the molecule is CCOCC(NC(=O)NC(C)CCC(=O)O)C(C)C. The Hall–Kier alpha value is -1.30. The van der Waals surface area contributed by atoms with Crippen LogP contribution in [0.1, 0.15) is 40.5 Å². The molecule has 0 saturated heterocycles. The van der Waals surface area contributed by atoms with Gasteiger partial charge in [-0.3, -0.25) is 4.79 Å². The summed E-state index contributed by atoms with van der Waals surface area (Å²) in [6, 6.07) is -0.501. The molecule has 0 aromatic rings. The van der Waals surface area contributed by atoms with Crippen LogP contribution in [0.3, 0.4) is 0 Å². The number of urea groups is 1. The Morgan fingerprint density at radius 3 is 2.32 bits per heavy atom. The summed E-state index contributed by atoms with van der Waals surface area (Å²) in [7, 11) is 0. The topological polar surface area (TPSA) is 87.7 Å². The number of amides is 2. The smallest absolute Gasteiger partial charge is 0.315 e. The van der Waals surface area contributed by atoms with E-state index in [9.17, 15) is 9.59 Å². The summed E-state index contributed by atoms with van der Waals surface area (Å²) < 4.78 is 5.32. The largest absolute Gasteiger partial charge is 0.481 e. The number of carboxylic acid groups (broad SMARTS) is 1. The molecule has 0 saturated carbocycles. The molecular weight excluding hydrogens is 248 g/mol. The Morgan fingerprint density at radius 1 is 1.21 bits per heavy atom. The maximum atomic E-state index is 11.8. The molecule has 0 aliphatic heterocycles. The molecule has 0 rings (SSSR count). The molecule has 0 bridgehead atoms. The van der Waals surface area contributed by atoms with Crippen LogP contribution in [0.2, 0.25) is 0 Å². The van der Waals surface area contributed by atoms with Crippen molar-refractivity contribution in [1.82, 2.24) is 10.6 Å². The standard InChI is InChI=1S/C13H26N2O4/c1-5-19-8-11(9(2)3)15-13(18)14-10(4)6-7-12(16)17/h9-11H,5-8H2,1-4H3,(H,16,17)(H2,14,15,18). The average molecular weight is 274 g/mol. The van der Waals surface area contributed by atoms with Gasteiger partial charge in [-0.2, -0.15) is 0 Å². The Balaban J connectivity index is 4.07. The maximum Gasteiger partial charge on any atom is 0.315 e. The predicted octanol–water partition coefficient (Wildman–Crippen LogP) is 1.60. The van der Waals surface area contributed by atoms with Crippen molar-refractivity contribution in [3.8, 4) is 0 Å². The minimum absolute atomic E-state index is 0.0494. The summed E-state index contributed by atoms with van der Waals surface area (Å²) in [5.41, 5.74) is 0. The monoisotopic (exact) mass is 274 g/mol. The number of nitrogens with one attached hydrogen (secondary N) is 2. The van der Waals surface area contributed by atoms with Crippen LogP contribution in [-0.2, 0) is 9.53 Å². The lowest BCUT2D eigenvalue weighted by Crippen LogP contribution is -2.49. The highest BCUT2D eigenvalue weighted by Crippen LogP contribution is 2.03. The molecule has 3 N–H and O–H groups in total. The third-order valence-electron chi connectivity index (χ3n) is 2.79. The number of carbonyl (C=O) groups excluding carboxylic acids is 1. The van der Waals surface area contributed by atoms with E-state index in [1.165, 1.54) is 0 Å². The van der Waals surface area contributed by atoms with Gasteiger partial charge in [-0.05, 0) is 26.2 Å². The van der Waals surface area contributed by atoms with E-state index in [1.807, 2.05) is 20.8 Å². The highest BCUT2D eigenvalue weighted by Gasteiger charge is 2.17. The van der Waals surface area contributed by atoms with Gasteiger partial charge >= 0.3 is 12.0 Å². The van der Waals surface area contributed by atoms with Crippen molar-refractivity contribution in [2.75, 3.05) is 13.2 Å². The highest BCUT2D eigenvalue weighted by atomic mass is 16.5. The van der Waals surface area contributed by atoms with E-state index >= 15 is 0 Å². The minimum atomic E-state index is -0.856. The van der Waals surface area contributed by atoms with Gasteiger partial charge in [0.05, 0.1) is 12.6 Å². The Bertz CT molecular complexity index is 282. The zero-order valence-electron chi connectivity index (χ0n) is 12.2. The number of hydrogen-bond donors (Lipinski definition) is 3. The van der Waals surface area contributed by atoms with E-state index in [1.54, 1.807) is 6.92 Å². The molecule has 6 heteroatoms. The predicted molar refractivity (Wildman–Crippen MR) is 73.1 cm³/mol. The highest BCUT2D eigenvalue weighted by molar-refractivity contribution is 5.74. The zero-order chi connectivity index (χ0) is 14.8. The van der Waals surface area contributed by atoms with Gasteiger partial charge in [0.15, 0.2) is 0 Å². The summed E-state index contributed by atoms with van der Waals surface area (Å²) in [6.07, 6.45) is 0.467. The molecule has 19 heavy (non-hydrogen) atoms. The Kier molecular flexibility index (Phi) is 8.95. The summed E-state index contributed by atoms with van der Waals surface area (Å²) >= 11 is 0. The van der Waals surface area contributed by atoms with E-state index in [0.29, 0.717) is 19.6 Å². The zero-order valence-corrected chi connectivity index (χ0v) is 12.2. The van der Waals surface area contributed by atoms with Gasteiger partial charge in [0, 0.05) is 19.1 Å². The molecule has 2 amide bonds. The molecule has 112 valence electrons. The second-order valence-corrected chi connectivity index (χ2v) is 4.96. The number of carbonyl (C=O) groups is 2. The van der Waals surface area contributed by atoms with Crippen LogP contribution < -0.4 is 10.6 Å². The number of aliphatic carboxylic acids is 1. The molecule has 0 fully saturated rings. The van der Waals surface area contributed by atoms with Crippen molar-refractivity contribution in [3.05, 3.63) is 0 Å². The van der Waals surface area contributed by atoms with Crippen LogP contribution in [0.4, 0.5) is 4.79 Å². The summed E-state index contributed by atoms with van der Waals surface area (Å²) in [6.45, 7) is 8.81. The third-order valence-corrected chi connectivity index (χ3v) is 2.79. The average Bonchev–Trinajstić information content (AvgIpc) is 2.31. The molecule has 0 heterocycles. The summed E-state index contributed by atoms with van der Waals surface area (Å²) in [4.78, 5) is 22.2. The van der Waals surface area contributed by atoms with Crippen LogP contribution in [0.25, 0.3) is 0 Å². The summed E-state index contributed by atoms with van der Waals surface area (Å²) in [5, 5.41) is 14.1. The van der Waals surface area contributed by atoms with Gasteiger partial charge in [0.1, 0.15) is 0 Å². The van der Waals surface area contributed by atoms with Gasteiger partial charge in [-0.25, -0.2) is 4.79 Å². The van der Waals surface area contributed by atoms with E-state index < -0.39 is 5.97 Å². The van der Waals surface area contributed by atoms with E-state index in [4.69, 9.17) is 9.84 Å². The molecule has 0 radical (unpaired) electrons. The van der Waals surface area contributed by atoms with Gasteiger partial charge < -0.3 is 20.5 Å². The van der Waals surface area contributed by atoms with Crippen LogP contribution in [-0.4, -0.2) is 42.4 Å². The van der Waals surface area contributed by atoms with Gasteiger partial charge in [0.2, 0.25) is 0 Å². The van der Waals surface area contributed by atoms with Gasteiger partial charge in [-0.15, -0.1) is 0 Å². The first-order valence-corrected chi connectivity index (χ1v) is 6.73. The van der Waals surface area contributed by atoms with Crippen LogP contribution in [0, 0.1) is 5.92 Å². The maximum absolute atomic E-state index is 11.8. The number of carboxylic acids is 1. The minimum Gasteiger partial charge on any atom is -0.481 e. The summed E-state index contributed by atoms with van der Waals surface area (Å²) in [5.74, 6) is -0.586. The van der Waals surface area contributed by atoms with E-state index in [0.717, 1.165) is 0 Å². The lowest BCUT2D eigenvalue weighted by atomic mass is 10.1. The molecule has 0 aliphatic rings. The second kappa shape index (κ2) is 9.61. The molecular formula is C13H26N2O4. The van der Waals surface area contributed by atoms with E-state index in [-0.39, 0.29) is 30.5 Å². The second-order valence-electron chi connectivity index (χ2n) is 4.96. The first-order chi connectivity index (χ1) is 8.86. The number of rotatable bonds is 9.